The Morgan fingerprint density at radius 1 is 1.27 bits per heavy atom. The summed E-state index contributed by atoms with van der Waals surface area (Å²) in [4.78, 5) is 23.2. The van der Waals surface area contributed by atoms with Crippen LogP contribution >= 0.6 is 11.6 Å². The van der Waals surface area contributed by atoms with Crippen molar-refractivity contribution in [3.63, 3.8) is 0 Å². The van der Waals surface area contributed by atoms with Crippen molar-refractivity contribution in [1.29, 1.82) is 0 Å². The van der Waals surface area contributed by atoms with Gasteiger partial charge in [-0.3, -0.25) is 9.59 Å². The molecule has 2 amide bonds. The number of ether oxygens (including phenoxy) is 2. The Morgan fingerprint density at radius 3 is 2.69 bits per heavy atom. The Kier molecular flexibility index (Phi) is 6.63. The molecule has 136 valence electrons. The molecule has 26 heavy (non-hydrogen) atoms. The molecule has 0 unspecified atom stereocenters. The Labute approximate surface area is 156 Å². The lowest BCUT2D eigenvalue weighted by molar-refractivity contribution is -0.111. The minimum atomic E-state index is -0.562. The van der Waals surface area contributed by atoms with E-state index in [0.29, 0.717) is 39.9 Å². The Hall–Kier alpha value is -2.99. The lowest BCUT2D eigenvalue weighted by Gasteiger charge is -2.11. The van der Waals surface area contributed by atoms with Crippen molar-refractivity contribution in [3.8, 4) is 11.5 Å². The van der Waals surface area contributed by atoms with Gasteiger partial charge < -0.3 is 20.5 Å². The Bertz CT molecular complexity index is 849. The van der Waals surface area contributed by atoms with Gasteiger partial charge in [-0.1, -0.05) is 17.7 Å². The summed E-state index contributed by atoms with van der Waals surface area (Å²) < 4.78 is 10.7. The van der Waals surface area contributed by atoms with Gasteiger partial charge in [0.1, 0.15) is 0 Å². The molecule has 0 aliphatic rings. The van der Waals surface area contributed by atoms with E-state index in [-0.39, 0.29) is 5.91 Å². The highest BCUT2D eigenvalue weighted by Crippen LogP contribution is 2.36. The van der Waals surface area contributed by atoms with Gasteiger partial charge >= 0.3 is 0 Å². The van der Waals surface area contributed by atoms with Crippen LogP contribution in [0, 0.1) is 0 Å². The van der Waals surface area contributed by atoms with Crippen molar-refractivity contribution in [1.82, 2.24) is 0 Å². The summed E-state index contributed by atoms with van der Waals surface area (Å²) >= 11 is 6.20. The number of amides is 2. The summed E-state index contributed by atoms with van der Waals surface area (Å²) in [5.74, 6) is 0.0125. The SMILES string of the molecule is CCOc1c(Cl)cc(/C=C/C(=O)Nc2cccc(C(N)=O)c2)cc1OC. The van der Waals surface area contributed by atoms with E-state index in [1.165, 1.54) is 19.3 Å². The van der Waals surface area contributed by atoms with Gasteiger partial charge in [0.25, 0.3) is 0 Å². The number of rotatable bonds is 7. The smallest absolute Gasteiger partial charge is 0.248 e. The monoisotopic (exact) mass is 374 g/mol. The largest absolute Gasteiger partial charge is 0.493 e. The zero-order valence-corrected chi connectivity index (χ0v) is 15.2. The van der Waals surface area contributed by atoms with Gasteiger partial charge in [-0.15, -0.1) is 0 Å². The number of anilines is 1. The number of halogens is 1. The summed E-state index contributed by atoms with van der Waals surface area (Å²) in [6.45, 7) is 2.30. The molecule has 0 bridgehead atoms. The van der Waals surface area contributed by atoms with Crippen molar-refractivity contribution >= 4 is 35.2 Å². The summed E-state index contributed by atoms with van der Waals surface area (Å²) in [5, 5.41) is 3.05. The minimum absolute atomic E-state index is 0.315. The molecule has 7 heteroatoms. The molecule has 0 aliphatic heterocycles. The van der Waals surface area contributed by atoms with E-state index in [9.17, 15) is 9.59 Å². The van der Waals surface area contributed by atoms with Crippen molar-refractivity contribution < 1.29 is 19.1 Å². The molecule has 0 saturated carbocycles. The average molecular weight is 375 g/mol. The summed E-state index contributed by atoms with van der Waals surface area (Å²) in [6.07, 6.45) is 2.94. The predicted molar refractivity (Wildman–Crippen MR) is 102 cm³/mol. The van der Waals surface area contributed by atoms with E-state index < -0.39 is 5.91 Å². The van der Waals surface area contributed by atoms with Gasteiger partial charge in [0.05, 0.1) is 18.7 Å². The van der Waals surface area contributed by atoms with Crippen LogP contribution in [0.3, 0.4) is 0 Å². The molecule has 2 aromatic rings. The van der Waals surface area contributed by atoms with Crippen molar-refractivity contribution in [2.24, 2.45) is 5.73 Å². The summed E-state index contributed by atoms with van der Waals surface area (Å²) in [6, 6.07) is 9.76. The second-order valence-electron chi connectivity index (χ2n) is 5.23. The zero-order valence-electron chi connectivity index (χ0n) is 14.4. The van der Waals surface area contributed by atoms with E-state index in [4.69, 9.17) is 26.8 Å². The summed E-state index contributed by atoms with van der Waals surface area (Å²) in [5.41, 5.74) is 6.69. The fraction of sp³-hybridized carbons (Fsp3) is 0.158. The van der Waals surface area contributed by atoms with Crippen molar-refractivity contribution in [3.05, 3.63) is 58.6 Å². The number of methoxy groups -OCH3 is 1. The molecule has 0 fully saturated rings. The Balaban J connectivity index is 2.14. The van der Waals surface area contributed by atoms with Gasteiger partial charge in [-0.2, -0.15) is 0 Å². The van der Waals surface area contributed by atoms with Crippen LogP contribution in [0.1, 0.15) is 22.8 Å². The molecule has 0 heterocycles. The number of benzene rings is 2. The van der Waals surface area contributed by atoms with E-state index in [1.807, 2.05) is 6.92 Å². The maximum atomic E-state index is 12.1. The lowest BCUT2D eigenvalue weighted by atomic mass is 10.1. The molecule has 3 N–H and O–H groups in total. The molecule has 0 spiro atoms. The molecule has 2 aromatic carbocycles. The van der Waals surface area contributed by atoms with Gasteiger partial charge in [-0.25, -0.2) is 0 Å². The van der Waals surface area contributed by atoms with E-state index in [2.05, 4.69) is 5.32 Å². The molecule has 6 nitrogen and oxygen atoms in total. The first-order valence-corrected chi connectivity index (χ1v) is 8.21. The topological polar surface area (TPSA) is 90.6 Å². The highest BCUT2D eigenvalue weighted by atomic mass is 35.5. The number of hydrogen-bond acceptors (Lipinski definition) is 4. The van der Waals surface area contributed by atoms with Gasteiger partial charge in [0.2, 0.25) is 11.8 Å². The van der Waals surface area contributed by atoms with Crippen LogP contribution < -0.4 is 20.5 Å². The van der Waals surface area contributed by atoms with Gasteiger partial charge in [0.15, 0.2) is 11.5 Å². The second kappa shape index (κ2) is 8.92. The summed E-state index contributed by atoms with van der Waals surface area (Å²) in [7, 11) is 1.51. The normalized spacial score (nSPS) is 10.6. The van der Waals surface area contributed by atoms with Crippen LogP contribution in [0.15, 0.2) is 42.5 Å². The molecular formula is C19H19ClN2O4. The van der Waals surface area contributed by atoms with Crippen LogP contribution in [0.25, 0.3) is 6.08 Å². The lowest BCUT2D eigenvalue weighted by Crippen LogP contribution is -2.12. The highest BCUT2D eigenvalue weighted by molar-refractivity contribution is 6.32. The maximum absolute atomic E-state index is 12.1. The van der Waals surface area contributed by atoms with Crippen LogP contribution in [0.2, 0.25) is 5.02 Å². The van der Waals surface area contributed by atoms with E-state index in [0.717, 1.165) is 0 Å². The number of carbonyl (C=O) groups is 2. The maximum Gasteiger partial charge on any atom is 0.248 e. The van der Waals surface area contributed by atoms with E-state index >= 15 is 0 Å². The molecule has 0 atom stereocenters. The van der Waals surface area contributed by atoms with Crippen LogP contribution in [-0.4, -0.2) is 25.5 Å². The quantitative estimate of drug-likeness (QED) is 0.726. The van der Waals surface area contributed by atoms with E-state index in [1.54, 1.807) is 36.4 Å². The predicted octanol–water partition coefficient (Wildman–Crippen LogP) is 3.50. The minimum Gasteiger partial charge on any atom is -0.493 e. The fourth-order valence-corrected chi connectivity index (χ4v) is 2.50. The van der Waals surface area contributed by atoms with Gasteiger partial charge in [0, 0.05) is 17.3 Å². The third-order valence-corrected chi connectivity index (χ3v) is 3.66. The van der Waals surface area contributed by atoms with Crippen LogP contribution in [0.4, 0.5) is 5.69 Å². The molecule has 0 radical (unpaired) electrons. The highest BCUT2D eigenvalue weighted by Gasteiger charge is 2.11. The van der Waals surface area contributed by atoms with Gasteiger partial charge in [-0.05, 0) is 48.9 Å². The average Bonchev–Trinajstić information content (AvgIpc) is 2.62. The number of hydrogen-bond donors (Lipinski definition) is 2. The van der Waals surface area contributed by atoms with Crippen LogP contribution in [0.5, 0.6) is 11.5 Å². The first-order chi connectivity index (χ1) is 12.4. The fourth-order valence-electron chi connectivity index (χ4n) is 2.23. The molecule has 0 saturated heterocycles. The third kappa shape index (κ3) is 5.00. The number of carbonyl (C=O) groups excluding carboxylic acids is 2. The standard InChI is InChI=1S/C19H19ClN2O4/c1-3-26-18-15(20)9-12(10-16(18)25-2)7-8-17(23)22-14-6-4-5-13(11-14)19(21)24/h4-11H,3H2,1-2H3,(H2,21,24)(H,22,23)/b8-7+. The molecule has 0 aromatic heterocycles. The van der Waals surface area contributed by atoms with Crippen molar-refractivity contribution in [2.45, 2.75) is 6.92 Å². The first kappa shape index (κ1) is 19.3. The molecular weight excluding hydrogens is 356 g/mol. The first-order valence-electron chi connectivity index (χ1n) is 7.83. The second-order valence-corrected chi connectivity index (χ2v) is 5.64. The number of nitrogens with one attached hydrogen (secondary N) is 1. The van der Waals surface area contributed by atoms with Crippen LogP contribution in [-0.2, 0) is 4.79 Å². The molecule has 2 rings (SSSR count). The number of primary amides is 1. The third-order valence-electron chi connectivity index (χ3n) is 3.38. The zero-order chi connectivity index (χ0) is 19.1. The Morgan fingerprint density at radius 2 is 2.04 bits per heavy atom. The molecule has 0 aliphatic carbocycles. The van der Waals surface area contributed by atoms with Crippen molar-refractivity contribution in [2.75, 3.05) is 19.0 Å². The number of nitrogens with two attached hydrogens (primary N) is 1.